The van der Waals surface area contributed by atoms with Gasteiger partial charge in [0.25, 0.3) is 5.91 Å². The predicted molar refractivity (Wildman–Crippen MR) is 65.6 cm³/mol. The van der Waals surface area contributed by atoms with Gasteiger partial charge in [-0.3, -0.25) is 4.79 Å². The molecule has 0 radical (unpaired) electrons. The van der Waals surface area contributed by atoms with Gasteiger partial charge < -0.3 is 10.1 Å². The molecule has 0 aliphatic carbocycles. The molecule has 0 aliphatic heterocycles. The molecular weight excluding hydrogens is 302 g/mol. The van der Waals surface area contributed by atoms with E-state index in [1.54, 1.807) is 12.2 Å². The van der Waals surface area contributed by atoms with E-state index in [0.717, 1.165) is 12.1 Å². The van der Waals surface area contributed by atoms with Gasteiger partial charge in [-0.25, -0.2) is 4.39 Å². The Morgan fingerprint density at radius 2 is 2.05 bits per heavy atom. The molecule has 0 saturated carbocycles. The highest BCUT2D eigenvalue weighted by molar-refractivity contribution is 6.33. The first-order valence-electron chi connectivity index (χ1n) is 5.71. The Labute approximate surface area is 117 Å². The average molecular weight is 314 g/mol. The summed E-state index contributed by atoms with van der Waals surface area (Å²) in [6.07, 6.45) is -3.93. The minimum Gasteiger partial charge on any atom is -0.491 e. The molecule has 20 heavy (non-hydrogen) atoms. The minimum absolute atomic E-state index is 0.210. The fourth-order valence-corrected chi connectivity index (χ4v) is 1.54. The van der Waals surface area contributed by atoms with Crippen LogP contribution in [0.4, 0.5) is 17.6 Å². The summed E-state index contributed by atoms with van der Waals surface area (Å²) in [5, 5.41) is 1.37. The normalized spacial score (nSPS) is 11.3. The molecule has 0 fully saturated rings. The van der Waals surface area contributed by atoms with E-state index in [2.05, 4.69) is 0 Å². The first-order chi connectivity index (χ1) is 9.24. The van der Waals surface area contributed by atoms with Gasteiger partial charge in [0.1, 0.15) is 6.54 Å². The quantitative estimate of drug-likeness (QED) is 0.844. The molecule has 0 spiro atoms. The monoisotopic (exact) mass is 313 g/mol. The maximum atomic E-state index is 13.5. The molecule has 0 bridgehead atoms. The van der Waals surface area contributed by atoms with Crippen LogP contribution in [0.2, 0.25) is 5.02 Å². The molecule has 3 nitrogen and oxygen atoms in total. The number of nitrogens with one attached hydrogen (secondary N) is 1. The number of hydrogen-bond donors (Lipinski definition) is 1. The first kappa shape index (κ1) is 16.6. The van der Waals surface area contributed by atoms with Crippen LogP contribution >= 0.6 is 11.6 Å². The van der Waals surface area contributed by atoms with Gasteiger partial charge in [0.15, 0.2) is 11.6 Å². The average Bonchev–Trinajstić information content (AvgIpc) is 2.34. The number of alkyl halides is 3. The summed E-state index contributed by atoms with van der Waals surface area (Å²) in [5.41, 5.74) is -0.275. The third-order valence-corrected chi connectivity index (χ3v) is 2.49. The molecule has 0 saturated heterocycles. The molecule has 0 aliphatic rings. The van der Waals surface area contributed by atoms with Gasteiger partial charge in [0, 0.05) is 0 Å². The molecule has 1 aromatic rings. The maximum absolute atomic E-state index is 13.5. The molecule has 0 heterocycles. The molecule has 1 amide bonds. The molecule has 0 aromatic heterocycles. The van der Waals surface area contributed by atoms with Crippen molar-refractivity contribution in [3.8, 4) is 5.75 Å². The zero-order valence-electron chi connectivity index (χ0n) is 10.5. The molecule has 1 N–H and O–H groups in total. The van der Waals surface area contributed by atoms with Gasteiger partial charge in [-0.05, 0) is 18.6 Å². The van der Waals surface area contributed by atoms with Crippen LogP contribution in [0.3, 0.4) is 0 Å². The molecule has 1 rings (SSSR count). The van der Waals surface area contributed by atoms with Gasteiger partial charge in [0.2, 0.25) is 0 Å². The SMILES string of the molecule is CCCOc1cc(C(=O)NCC(F)(F)F)c(Cl)cc1F. The zero-order chi connectivity index (χ0) is 15.3. The lowest BCUT2D eigenvalue weighted by atomic mass is 10.2. The molecule has 0 unspecified atom stereocenters. The van der Waals surface area contributed by atoms with Crippen LogP contribution in [-0.2, 0) is 0 Å². The van der Waals surface area contributed by atoms with Crippen molar-refractivity contribution in [1.82, 2.24) is 5.32 Å². The summed E-state index contributed by atoms with van der Waals surface area (Å²) in [6.45, 7) is 0.512. The van der Waals surface area contributed by atoms with Gasteiger partial charge in [0.05, 0.1) is 17.2 Å². The smallest absolute Gasteiger partial charge is 0.405 e. The Kier molecular flexibility index (Phi) is 5.62. The summed E-state index contributed by atoms with van der Waals surface area (Å²) in [7, 11) is 0. The predicted octanol–water partition coefficient (Wildman–Crippen LogP) is 3.56. The van der Waals surface area contributed by atoms with Crippen LogP contribution in [-0.4, -0.2) is 25.2 Å². The van der Waals surface area contributed by atoms with Gasteiger partial charge >= 0.3 is 6.18 Å². The third kappa shape index (κ3) is 4.88. The zero-order valence-corrected chi connectivity index (χ0v) is 11.2. The number of hydrogen-bond acceptors (Lipinski definition) is 2. The Bertz CT molecular complexity index is 491. The lowest BCUT2D eigenvalue weighted by Gasteiger charge is -2.12. The van der Waals surface area contributed by atoms with Gasteiger partial charge in [-0.2, -0.15) is 13.2 Å². The Morgan fingerprint density at radius 3 is 2.60 bits per heavy atom. The number of rotatable bonds is 5. The van der Waals surface area contributed by atoms with Crippen LogP contribution in [0.1, 0.15) is 23.7 Å². The van der Waals surface area contributed by atoms with Crippen molar-refractivity contribution in [2.45, 2.75) is 19.5 Å². The van der Waals surface area contributed by atoms with Crippen molar-refractivity contribution in [3.05, 3.63) is 28.5 Å². The Morgan fingerprint density at radius 1 is 1.40 bits per heavy atom. The maximum Gasteiger partial charge on any atom is 0.405 e. The summed E-state index contributed by atoms with van der Waals surface area (Å²) >= 11 is 5.64. The van der Waals surface area contributed by atoms with Crippen molar-refractivity contribution in [2.24, 2.45) is 0 Å². The number of carbonyl (C=O) groups is 1. The molecule has 112 valence electrons. The highest BCUT2D eigenvalue weighted by Gasteiger charge is 2.28. The fraction of sp³-hybridized carbons (Fsp3) is 0.417. The summed E-state index contributed by atoms with van der Waals surface area (Å²) < 4.78 is 54.5. The van der Waals surface area contributed by atoms with Crippen molar-refractivity contribution >= 4 is 17.5 Å². The second-order valence-electron chi connectivity index (χ2n) is 3.91. The van der Waals surface area contributed by atoms with Crippen LogP contribution in [0.15, 0.2) is 12.1 Å². The number of amides is 1. The summed E-state index contributed by atoms with van der Waals surface area (Å²) in [5.74, 6) is -2.06. The van der Waals surface area contributed by atoms with E-state index in [0.29, 0.717) is 6.42 Å². The van der Waals surface area contributed by atoms with Crippen molar-refractivity contribution in [1.29, 1.82) is 0 Å². The van der Waals surface area contributed by atoms with Gasteiger partial charge in [-0.15, -0.1) is 0 Å². The van der Waals surface area contributed by atoms with E-state index in [9.17, 15) is 22.4 Å². The number of halogens is 5. The van der Waals surface area contributed by atoms with Crippen molar-refractivity contribution < 1.29 is 27.1 Å². The van der Waals surface area contributed by atoms with E-state index in [1.807, 2.05) is 0 Å². The number of carbonyl (C=O) groups excluding carboxylic acids is 1. The van der Waals surface area contributed by atoms with Crippen molar-refractivity contribution in [3.63, 3.8) is 0 Å². The van der Waals surface area contributed by atoms with E-state index < -0.39 is 24.4 Å². The highest BCUT2D eigenvalue weighted by atomic mass is 35.5. The van der Waals surface area contributed by atoms with Crippen molar-refractivity contribution in [2.75, 3.05) is 13.2 Å². The Balaban J connectivity index is 2.90. The van der Waals surface area contributed by atoms with E-state index >= 15 is 0 Å². The highest BCUT2D eigenvalue weighted by Crippen LogP contribution is 2.26. The molecule has 8 heteroatoms. The second-order valence-corrected chi connectivity index (χ2v) is 4.32. The molecule has 1 aromatic carbocycles. The largest absolute Gasteiger partial charge is 0.491 e. The van der Waals surface area contributed by atoms with Crippen LogP contribution in [0.25, 0.3) is 0 Å². The van der Waals surface area contributed by atoms with E-state index in [-0.39, 0.29) is 22.9 Å². The first-order valence-corrected chi connectivity index (χ1v) is 6.09. The Hall–Kier alpha value is -1.50. The summed E-state index contributed by atoms with van der Waals surface area (Å²) in [6, 6.07) is 1.81. The third-order valence-electron chi connectivity index (χ3n) is 2.18. The second kappa shape index (κ2) is 6.78. The van der Waals surface area contributed by atoms with Crippen LogP contribution < -0.4 is 10.1 Å². The van der Waals surface area contributed by atoms with E-state index in [1.165, 1.54) is 0 Å². The topological polar surface area (TPSA) is 38.3 Å². The lowest BCUT2D eigenvalue weighted by Crippen LogP contribution is -2.33. The standard InChI is InChI=1S/C12H12ClF4NO2/c1-2-3-20-10-4-7(8(13)5-9(10)14)11(19)18-6-12(15,16)17/h4-5H,2-3,6H2,1H3,(H,18,19). The van der Waals surface area contributed by atoms with Crippen LogP contribution in [0, 0.1) is 5.82 Å². The summed E-state index contributed by atoms with van der Waals surface area (Å²) in [4.78, 5) is 11.6. The van der Waals surface area contributed by atoms with Gasteiger partial charge in [-0.1, -0.05) is 18.5 Å². The van der Waals surface area contributed by atoms with Crippen LogP contribution in [0.5, 0.6) is 5.75 Å². The molecular formula is C12H12ClF4NO2. The minimum atomic E-state index is -4.54. The number of ether oxygens (including phenoxy) is 1. The fourth-order valence-electron chi connectivity index (χ4n) is 1.30. The number of benzene rings is 1. The molecule has 0 atom stereocenters. The van der Waals surface area contributed by atoms with E-state index in [4.69, 9.17) is 16.3 Å². The lowest BCUT2D eigenvalue weighted by molar-refractivity contribution is -0.123.